The van der Waals surface area contributed by atoms with Crippen LogP contribution in [0.1, 0.15) is 5.56 Å². The van der Waals surface area contributed by atoms with Crippen molar-refractivity contribution < 1.29 is 13.2 Å². The highest BCUT2D eigenvalue weighted by molar-refractivity contribution is 7.78. The van der Waals surface area contributed by atoms with Crippen molar-refractivity contribution in [3.63, 3.8) is 0 Å². The maximum atomic E-state index is 13.4. The van der Waals surface area contributed by atoms with Gasteiger partial charge in [0.2, 0.25) is 0 Å². The summed E-state index contributed by atoms with van der Waals surface area (Å²) >= 11 is -0.588. The third-order valence-electron chi connectivity index (χ3n) is 4.17. The van der Waals surface area contributed by atoms with Crippen molar-refractivity contribution in [2.24, 2.45) is 0 Å². The van der Waals surface area contributed by atoms with Crippen LogP contribution in [-0.4, -0.2) is 18.7 Å². The standard InChI is InChI=1S/C21H15FN2O2S2/c22-18-7-5-15(6-8-18)19-20(16-9-11-23-12-10-16)27-21(24-19)17-3-1-14(2-4-17)13-28(25)26/h1-12H,13H2,(H,25,26)/p-1. The molecule has 7 heteroatoms. The lowest BCUT2D eigenvalue weighted by atomic mass is 10.1. The van der Waals surface area contributed by atoms with Gasteiger partial charge in [0.1, 0.15) is 10.8 Å². The minimum Gasteiger partial charge on any atom is -0.772 e. The Labute approximate surface area is 168 Å². The average Bonchev–Trinajstić information content (AvgIpc) is 3.15. The van der Waals surface area contributed by atoms with E-state index in [0.717, 1.165) is 37.8 Å². The summed E-state index contributed by atoms with van der Waals surface area (Å²) in [5.41, 5.74) is 4.21. The van der Waals surface area contributed by atoms with Crippen LogP contribution in [0.4, 0.5) is 4.39 Å². The van der Waals surface area contributed by atoms with Crippen LogP contribution < -0.4 is 0 Å². The molecule has 4 nitrogen and oxygen atoms in total. The normalized spacial score (nSPS) is 12.1. The third kappa shape index (κ3) is 4.06. The zero-order chi connectivity index (χ0) is 19.5. The first-order chi connectivity index (χ1) is 13.6. The van der Waals surface area contributed by atoms with Crippen LogP contribution >= 0.6 is 11.3 Å². The van der Waals surface area contributed by atoms with Crippen molar-refractivity contribution in [3.8, 4) is 32.3 Å². The van der Waals surface area contributed by atoms with Crippen LogP contribution in [-0.2, 0) is 16.8 Å². The Kier molecular flexibility index (Phi) is 5.38. The maximum Gasteiger partial charge on any atom is 0.124 e. The summed E-state index contributed by atoms with van der Waals surface area (Å²) < 4.78 is 35.1. The third-order valence-corrected chi connectivity index (χ3v) is 5.90. The highest BCUT2D eigenvalue weighted by Crippen LogP contribution is 2.40. The highest BCUT2D eigenvalue weighted by atomic mass is 32.2. The largest absolute Gasteiger partial charge is 0.772 e. The zero-order valence-electron chi connectivity index (χ0n) is 14.5. The first-order valence-corrected chi connectivity index (χ1v) is 10.5. The molecular weight excluding hydrogens is 395 g/mol. The van der Waals surface area contributed by atoms with Crippen LogP contribution in [0.5, 0.6) is 0 Å². The van der Waals surface area contributed by atoms with Gasteiger partial charge >= 0.3 is 0 Å². The highest BCUT2D eigenvalue weighted by Gasteiger charge is 2.16. The van der Waals surface area contributed by atoms with Crippen LogP contribution in [0.25, 0.3) is 32.3 Å². The molecule has 0 N–H and O–H groups in total. The molecule has 0 aliphatic rings. The molecule has 2 heterocycles. The number of pyridine rings is 1. The molecule has 1 atom stereocenters. The number of aromatic nitrogens is 2. The van der Waals surface area contributed by atoms with Crippen LogP contribution in [0.2, 0.25) is 0 Å². The van der Waals surface area contributed by atoms with E-state index in [0.29, 0.717) is 0 Å². The SMILES string of the molecule is O=S([O-])Cc1ccc(-c2nc(-c3ccc(F)cc3)c(-c3ccncc3)s2)cc1. The predicted molar refractivity (Wildman–Crippen MR) is 109 cm³/mol. The summed E-state index contributed by atoms with van der Waals surface area (Å²) in [7, 11) is 0. The average molecular weight is 409 g/mol. The first-order valence-electron chi connectivity index (χ1n) is 8.42. The van der Waals surface area contributed by atoms with E-state index in [1.165, 1.54) is 23.5 Å². The van der Waals surface area contributed by atoms with Crippen molar-refractivity contribution in [3.05, 3.63) is 84.4 Å². The Morgan fingerprint density at radius 2 is 1.54 bits per heavy atom. The van der Waals surface area contributed by atoms with Gasteiger partial charge in [0.25, 0.3) is 0 Å². The summed E-state index contributed by atoms with van der Waals surface area (Å²) in [5, 5.41) is 0.806. The molecule has 28 heavy (non-hydrogen) atoms. The fourth-order valence-electron chi connectivity index (χ4n) is 2.83. The van der Waals surface area contributed by atoms with Gasteiger partial charge < -0.3 is 4.55 Å². The number of benzene rings is 2. The van der Waals surface area contributed by atoms with E-state index >= 15 is 0 Å². The molecule has 0 radical (unpaired) electrons. The van der Waals surface area contributed by atoms with Gasteiger partial charge in [-0.25, -0.2) is 9.37 Å². The van der Waals surface area contributed by atoms with Crippen molar-refractivity contribution in [1.82, 2.24) is 9.97 Å². The molecule has 2 aromatic heterocycles. The Hall–Kier alpha value is -2.74. The lowest BCUT2D eigenvalue weighted by Gasteiger charge is -2.05. The molecule has 1 unspecified atom stereocenters. The molecule has 0 fully saturated rings. The van der Waals surface area contributed by atoms with E-state index in [1.807, 2.05) is 24.3 Å². The molecule has 0 bridgehead atoms. The van der Waals surface area contributed by atoms with Crippen molar-refractivity contribution >= 4 is 22.4 Å². The van der Waals surface area contributed by atoms with E-state index in [1.54, 1.807) is 36.7 Å². The number of hydrogen-bond donors (Lipinski definition) is 0. The Morgan fingerprint density at radius 1 is 0.893 bits per heavy atom. The second-order valence-electron chi connectivity index (χ2n) is 6.08. The molecule has 0 aliphatic carbocycles. The second-order valence-corrected chi connectivity index (χ2v) is 7.98. The fourth-order valence-corrected chi connectivity index (χ4v) is 4.39. The zero-order valence-corrected chi connectivity index (χ0v) is 16.2. The molecule has 0 saturated carbocycles. The molecule has 0 saturated heterocycles. The number of hydrogen-bond acceptors (Lipinski definition) is 5. The van der Waals surface area contributed by atoms with Crippen molar-refractivity contribution in [1.29, 1.82) is 0 Å². The topological polar surface area (TPSA) is 65.9 Å². The van der Waals surface area contributed by atoms with Gasteiger partial charge in [0.15, 0.2) is 0 Å². The van der Waals surface area contributed by atoms with Crippen LogP contribution in [0, 0.1) is 5.82 Å². The quantitative estimate of drug-likeness (QED) is 0.432. The van der Waals surface area contributed by atoms with Gasteiger partial charge in [0, 0.05) is 29.3 Å². The lowest BCUT2D eigenvalue weighted by Crippen LogP contribution is -1.92. The van der Waals surface area contributed by atoms with Gasteiger partial charge in [-0.1, -0.05) is 35.3 Å². The Morgan fingerprint density at radius 3 is 2.18 bits per heavy atom. The summed E-state index contributed by atoms with van der Waals surface area (Å²) in [6.07, 6.45) is 3.45. The first kappa shape index (κ1) is 18.6. The monoisotopic (exact) mass is 409 g/mol. The molecule has 0 amide bonds. The van der Waals surface area contributed by atoms with E-state index in [9.17, 15) is 13.2 Å². The minimum absolute atomic E-state index is 0.0127. The van der Waals surface area contributed by atoms with Gasteiger partial charge in [0.05, 0.1) is 10.6 Å². The molecule has 4 rings (SSSR count). The molecule has 140 valence electrons. The molecule has 0 aliphatic heterocycles. The fraction of sp³-hybridized carbons (Fsp3) is 0.0476. The Bertz CT molecular complexity index is 1110. The van der Waals surface area contributed by atoms with Crippen LogP contribution in [0.15, 0.2) is 73.1 Å². The van der Waals surface area contributed by atoms with Gasteiger partial charge in [-0.3, -0.25) is 9.19 Å². The van der Waals surface area contributed by atoms with Crippen molar-refractivity contribution in [2.45, 2.75) is 5.75 Å². The van der Waals surface area contributed by atoms with Crippen LogP contribution in [0.3, 0.4) is 0 Å². The molecule has 0 spiro atoms. The summed E-state index contributed by atoms with van der Waals surface area (Å²) in [6, 6.07) is 17.4. The van der Waals surface area contributed by atoms with E-state index < -0.39 is 11.1 Å². The summed E-state index contributed by atoms with van der Waals surface area (Å²) in [5.74, 6) is -0.308. The Balaban J connectivity index is 1.79. The van der Waals surface area contributed by atoms with E-state index in [4.69, 9.17) is 4.98 Å². The molecule has 2 aromatic carbocycles. The van der Waals surface area contributed by atoms with E-state index in [2.05, 4.69) is 4.98 Å². The number of halogens is 1. The number of nitrogens with zero attached hydrogens (tertiary/aromatic N) is 2. The maximum absolute atomic E-state index is 13.4. The van der Waals surface area contributed by atoms with Gasteiger partial charge in [-0.05, 0) is 47.5 Å². The number of thiazole rings is 1. The molecule has 4 aromatic rings. The second kappa shape index (κ2) is 8.10. The van der Waals surface area contributed by atoms with E-state index in [-0.39, 0.29) is 11.6 Å². The van der Waals surface area contributed by atoms with Crippen molar-refractivity contribution in [2.75, 3.05) is 0 Å². The number of rotatable bonds is 5. The minimum atomic E-state index is -2.12. The van der Waals surface area contributed by atoms with Gasteiger partial charge in [-0.2, -0.15) is 0 Å². The summed E-state index contributed by atoms with van der Waals surface area (Å²) in [4.78, 5) is 9.84. The lowest BCUT2D eigenvalue weighted by molar-refractivity contribution is 0.536. The van der Waals surface area contributed by atoms with Gasteiger partial charge in [-0.15, -0.1) is 11.3 Å². The summed E-state index contributed by atoms with van der Waals surface area (Å²) in [6.45, 7) is 0. The predicted octanol–water partition coefficient (Wildman–Crippen LogP) is 5.06. The molecular formula is C21H14FN2O2S2-. The smallest absolute Gasteiger partial charge is 0.124 e.